The van der Waals surface area contributed by atoms with Gasteiger partial charge in [-0.15, -0.1) is 0 Å². The van der Waals surface area contributed by atoms with Gasteiger partial charge in [0, 0.05) is 12.3 Å². The molecule has 1 aromatic heterocycles. The molecule has 2 fully saturated rings. The first-order valence-corrected chi connectivity index (χ1v) is 9.92. The zero-order chi connectivity index (χ0) is 15.6. The number of anilines is 1. The van der Waals surface area contributed by atoms with Crippen LogP contribution in [0.1, 0.15) is 56.4 Å². The smallest absolute Gasteiger partial charge is 0.187 e. The second-order valence-corrected chi connectivity index (χ2v) is 7.43. The molecule has 0 bridgehead atoms. The Balaban J connectivity index is 1.58. The SMILES string of the molecule is CSNc1noc2cc(OCC3CCCCC3)c(C3CC3)cc12. The number of hydrogen-bond donors (Lipinski definition) is 1. The van der Waals surface area contributed by atoms with Crippen LogP contribution >= 0.6 is 11.9 Å². The van der Waals surface area contributed by atoms with Gasteiger partial charge in [0.1, 0.15) is 5.75 Å². The molecule has 0 atom stereocenters. The molecule has 5 heteroatoms. The van der Waals surface area contributed by atoms with E-state index >= 15 is 0 Å². The Hall–Kier alpha value is -1.36. The second kappa shape index (κ2) is 6.63. The summed E-state index contributed by atoms with van der Waals surface area (Å²) in [5.41, 5.74) is 2.14. The molecule has 0 spiro atoms. The maximum absolute atomic E-state index is 6.24. The molecule has 2 aromatic rings. The van der Waals surface area contributed by atoms with Crippen LogP contribution in [0.3, 0.4) is 0 Å². The summed E-state index contributed by atoms with van der Waals surface area (Å²) >= 11 is 1.53. The van der Waals surface area contributed by atoms with Crippen LogP contribution < -0.4 is 9.46 Å². The number of hydrogen-bond acceptors (Lipinski definition) is 5. The molecule has 2 aliphatic carbocycles. The number of fused-ring (bicyclic) bond motifs is 1. The Morgan fingerprint density at radius 3 is 2.78 bits per heavy atom. The molecule has 1 N–H and O–H groups in total. The van der Waals surface area contributed by atoms with Gasteiger partial charge >= 0.3 is 0 Å². The Morgan fingerprint density at radius 1 is 1.22 bits per heavy atom. The summed E-state index contributed by atoms with van der Waals surface area (Å²) in [4.78, 5) is 0. The standard InChI is InChI=1S/C18H24N2O2S/c1-23-20-18-15-9-14(13-7-8-13)16(10-17(15)22-19-18)21-11-12-5-3-2-4-6-12/h9-10,12-13H,2-8,11H2,1H3,(H,19,20). The Kier molecular flexibility index (Phi) is 4.38. The second-order valence-electron chi connectivity index (χ2n) is 6.81. The van der Waals surface area contributed by atoms with Crippen molar-refractivity contribution in [2.75, 3.05) is 17.6 Å². The summed E-state index contributed by atoms with van der Waals surface area (Å²) in [6, 6.07) is 4.27. The molecule has 0 saturated heterocycles. The minimum absolute atomic E-state index is 0.651. The number of rotatable bonds is 6. The molecule has 4 nitrogen and oxygen atoms in total. The molecule has 23 heavy (non-hydrogen) atoms. The predicted octanol–water partition coefficient (Wildman–Crippen LogP) is 5.35. The average Bonchev–Trinajstić information content (AvgIpc) is 3.36. The highest BCUT2D eigenvalue weighted by Crippen LogP contribution is 2.46. The zero-order valence-electron chi connectivity index (χ0n) is 13.6. The van der Waals surface area contributed by atoms with Gasteiger partial charge < -0.3 is 14.0 Å². The molecule has 0 radical (unpaired) electrons. The van der Waals surface area contributed by atoms with Gasteiger partial charge in [0.15, 0.2) is 11.4 Å². The van der Waals surface area contributed by atoms with Crippen molar-refractivity contribution < 1.29 is 9.26 Å². The molecule has 124 valence electrons. The topological polar surface area (TPSA) is 47.3 Å². The molecular weight excluding hydrogens is 308 g/mol. The van der Waals surface area contributed by atoms with Crippen LogP contribution in [-0.4, -0.2) is 18.0 Å². The summed E-state index contributed by atoms with van der Waals surface area (Å²) in [6.45, 7) is 0.843. The van der Waals surface area contributed by atoms with Gasteiger partial charge in [0.05, 0.1) is 12.0 Å². The molecular formula is C18H24N2O2S. The first-order chi connectivity index (χ1) is 11.3. The van der Waals surface area contributed by atoms with Crippen LogP contribution in [0.4, 0.5) is 5.82 Å². The lowest BCUT2D eigenvalue weighted by molar-refractivity contribution is 0.207. The fourth-order valence-electron chi connectivity index (χ4n) is 3.55. The van der Waals surface area contributed by atoms with Crippen molar-refractivity contribution in [3.05, 3.63) is 17.7 Å². The molecule has 0 amide bonds. The lowest BCUT2D eigenvalue weighted by Crippen LogP contribution is -2.15. The summed E-state index contributed by atoms with van der Waals surface area (Å²) in [5.74, 6) is 3.19. The predicted molar refractivity (Wildman–Crippen MR) is 95.2 cm³/mol. The van der Waals surface area contributed by atoms with Gasteiger partial charge in [-0.05, 0) is 49.1 Å². The van der Waals surface area contributed by atoms with Crippen molar-refractivity contribution in [3.63, 3.8) is 0 Å². The van der Waals surface area contributed by atoms with Crippen LogP contribution in [0.5, 0.6) is 5.75 Å². The van der Waals surface area contributed by atoms with Gasteiger partial charge in [-0.3, -0.25) is 0 Å². The van der Waals surface area contributed by atoms with E-state index in [9.17, 15) is 0 Å². The van der Waals surface area contributed by atoms with Crippen molar-refractivity contribution in [2.45, 2.75) is 50.9 Å². The van der Waals surface area contributed by atoms with E-state index in [1.54, 1.807) is 0 Å². The molecule has 1 heterocycles. The van der Waals surface area contributed by atoms with E-state index in [2.05, 4.69) is 15.9 Å². The lowest BCUT2D eigenvalue weighted by atomic mass is 9.90. The fourth-order valence-corrected chi connectivity index (χ4v) is 3.89. The minimum Gasteiger partial charge on any atom is -0.493 e. The quantitative estimate of drug-likeness (QED) is 0.722. The average molecular weight is 332 g/mol. The first-order valence-electron chi connectivity index (χ1n) is 8.70. The van der Waals surface area contributed by atoms with Crippen molar-refractivity contribution in [3.8, 4) is 5.75 Å². The van der Waals surface area contributed by atoms with E-state index in [0.29, 0.717) is 5.92 Å². The summed E-state index contributed by atoms with van der Waals surface area (Å²) in [7, 11) is 0. The summed E-state index contributed by atoms with van der Waals surface area (Å²) in [5, 5.41) is 5.20. The van der Waals surface area contributed by atoms with Gasteiger partial charge in [0.2, 0.25) is 0 Å². The van der Waals surface area contributed by atoms with E-state index in [0.717, 1.165) is 35.1 Å². The maximum Gasteiger partial charge on any atom is 0.187 e. The van der Waals surface area contributed by atoms with Gasteiger partial charge in [-0.2, -0.15) is 0 Å². The third-order valence-corrected chi connectivity index (χ3v) is 5.42. The maximum atomic E-state index is 6.24. The van der Waals surface area contributed by atoms with E-state index in [1.165, 1.54) is 62.5 Å². The van der Waals surface area contributed by atoms with Crippen molar-refractivity contribution >= 4 is 28.7 Å². The lowest BCUT2D eigenvalue weighted by Gasteiger charge is -2.22. The van der Waals surface area contributed by atoms with Crippen molar-refractivity contribution in [2.24, 2.45) is 5.92 Å². The van der Waals surface area contributed by atoms with E-state index in [1.807, 2.05) is 12.3 Å². The Bertz CT molecular complexity index is 675. The van der Waals surface area contributed by atoms with E-state index in [4.69, 9.17) is 9.26 Å². The number of nitrogens with one attached hydrogen (secondary N) is 1. The fraction of sp³-hybridized carbons (Fsp3) is 0.611. The summed E-state index contributed by atoms with van der Waals surface area (Å²) in [6.07, 6.45) is 11.2. The highest BCUT2D eigenvalue weighted by Gasteiger charge is 2.29. The largest absolute Gasteiger partial charge is 0.493 e. The molecule has 2 saturated carbocycles. The number of ether oxygens (including phenoxy) is 1. The van der Waals surface area contributed by atoms with Crippen molar-refractivity contribution in [1.82, 2.24) is 5.16 Å². The molecule has 1 aromatic carbocycles. The Morgan fingerprint density at radius 2 is 2.04 bits per heavy atom. The monoisotopic (exact) mass is 332 g/mol. The number of nitrogens with zero attached hydrogens (tertiary/aromatic N) is 1. The van der Waals surface area contributed by atoms with Gasteiger partial charge in [-0.1, -0.05) is 36.4 Å². The molecule has 4 rings (SSSR count). The van der Waals surface area contributed by atoms with E-state index in [-0.39, 0.29) is 0 Å². The van der Waals surface area contributed by atoms with Crippen LogP contribution in [0.2, 0.25) is 0 Å². The molecule has 0 unspecified atom stereocenters. The summed E-state index contributed by atoms with van der Waals surface area (Å²) < 4.78 is 14.9. The van der Waals surface area contributed by atoms with Crippen LogP contribution in [-0.2, 0) is 0 Å². The van der Waals surface area contributed by atoms with Crippen LogP contribution in [0, 0.1) is 5.92 Å². The van der Waals surface area contributed by atoms with Crippen molar-refractivity contribution in [1.29, 1.82) is 0 Å². The molecule has 2 aliphatic rings. The third kappa shape index (κ3) is 3.30. The first kappa shape index (κ1) is 15.2. The van der Waals surface area contributed by atoms with Gasteiger partial charge in [0.25, 0.3) is 0 Å². The zero-order valence-corrected chi connectivity index (χ0v) is 14.5. The van der Waals surface area contributed by atoms with Crippen LogP contribution in [0.15, 0.2) is 16.7 Å². The van der Waals surface area contributed by atoms with Crippen LogP contribution in [0.25, 0.3) is 11.0 Å². The molecule has 0 aliphatic heterocycles. The van der Waals surface area contributed by atoms with E-state index < -0.39 is 0 Å². The highest BCUT2D eigenvalue weighted by molar-refractivity contribution is 7.99. The Labute approximate surface area is 141 Å². The normalized spacial score (nSPS) is 19.2. The third-order valence-electron chi connectivity index (χ3n) is 5.02. The number of aromatic nitrogens is 1. The van der Waals surface area contributed by atoms with Gasteiger partial charge in [-0.25, -0.2) is 0 Å². The minimum atomic E-state index is 0.651. The highest BCUT2D eigenvalue weighted by atomic mass is 32.2. The number of benzene rings is 1.